The van der Waals surface area contributed by atoms with Gasteiger partial charge in [0.25, 0.3) is 0 Å². The maximum Gasteiger partial charge on any atom is 0.237 e. The molecule has 0 saturated carbocycles. The summed E-state index contributed by atoms with van der Waals surface area (Å²) >= 11 is 7.48. The van der Waals surface area contributed by atoms with Crippen LogP contribution in [0.15, 0.2) is 24.3 Å². The summed E-state index contributed by atoms with van der Waals surface area (Å²) in [4.78, 5) is 11.7. The van der Waals surface area contributed by atoms with Crippen molar-refractivity contribution < 1.29 is 9.53 Å². The quantitative estimate of drug-likeness (QED) is 0.772. The summed E-state index contributed by atoms with van der Waals surface area (Å²) in [6, 6.07) is 6.67. The number of ether oxygens (including phenoxy) is 1. The van der Waals surface area contributed by atoms with Crippen molar-refractivity contribution >= 4 is 29.3 Å². The number of carbonyl (C=O) groups excluding carboxylic acids is 1. The van der Waals surface area contributed by atoms with Crippen molar-refractivity contribution in [2.45, 2.75) is 25.5 Å². The van der Waals surface area contributed by atoms with Gasteiger partial charge in [-0.1, -0.05) is 11.6 Å². The first kappa shape index (κ1) is 17.1. The van der Waals surface area contributed by atoms with Crippen LogP contribution in [0.25, 0.3) is 0 Å². The molecule has 20 heavy (non-hydrogen) atoms. The van der Waals surface area contributed by atoms with Crippen molar-refractivity contribution in [2.24, 2.45) is 5.73 Å². The summed E-state index contributed by atoms with van der Waals surface area (Å²) in [5.41, 5.74) is 5.78. The number of carbonyl (C=O) groups is 1. The second kappa shape index (κ2) is 9.10. The van der Waals surface area contributed by atoms with Crippen molar-refractivity contribution in [2.75, 3.05) is 18.6 Å². The third kappa shape index (κ3) is 6.50. The molecule has 1 unspecified atom stereocenters. The minimum absolute atomic E-state index is 0.132. The average Bonchev–Trinajstić information content (AvgIpc) is 2.44. The van der Waals surface area contributed by atoms with Crippen LogP contribution in [0, 0.1) is 0 Å². The minimum Gasteiger partial charge on any atom is -0.489 e. The molecule has 0 radical (unpaired) electrons. The van der Waals surface area contributed by atoms with E-state index in [2.05, 4.69) is 5.32 Å². The summed E-state index contributed by atoms with van der Waals surface area (Å²) in [7, 11) is 0. The number of halogens is 1. The van der Waals surface area contributed by atoms with E-state index in [1.54, 1.807) is 36.0 Å². The van der Waals surface area contributed by atoms with Crippen LogP contribution in [0.5, 0.6) is 5.75 Å². The molecule has 1 aromatic carbocycles. The number of nitrogens with two attached hydrogens (primary N) is 1. The monoisotopic (exact) mass is 316 g/mol. The van der Waals surface area contributed by atoms with E-state index in [1.807, 2.05) is 13.2 Å². The summed E-state index contributed by atoms with van der Waals surface area (Å²) in [5, 5.41) is 3.46. The topological polar surface area (TPSA) is 64.4 Å². The molecule has 1 rings (SSSR count). The fraction of sp³-hybridized carbons (Fsp3) is 0.500. The van der Waals surface area contributed by atoms with Crippen LogP contribution in [0.4, 0.5) is 0 Å². The maximum atomic E-state index is 11.7. The molecule has 1 aromatic rings. The highest BCUT2D eigenvalue weighted by Crippen LogP contribution is 2.16. The largest absolute Gasteiger partial charge is 0.489 e. The number of hydrogen-bond acceptors (Lipinski definition) is 4. The van der Waals surface area contributed by atoms with E-state index in [-0.39, 0.29) is 12.0 Å². The zero-order chi connectivity index (χ0) is 15.0. The minimum atomic E-state index is -0.454. The summed E-state index contributed by atoms with van der Waals surface area (Å²) in [5.74, 6) is 1.47. The zero-order valence-electron chi connectivity index (χ0n) is 11.8. The Labute approximate surface area is 129 Å². The maximum absolute atomic E-state index is 11.7. The summed E-state index contributed by atoms with van der Waals surface area (Å²) in [6.45, 7) is 2.32. The molecule has 4 nitrogen and oxygen atoms in total. The van der Waals surface area contributed by atoms with Crippen molar-refractivity contribution in [1.82, 2.24) is 5.32 Å². The summed E-state index contributed by atoms with van der Waals surface area (Å²) in [6.07, 6.45) is 2.54. The fourth-order valence-electron chi connectivity index (χ4n) is 1.54. The van der Waals surface area contributed by atoms with Gasteiger partial charge in [-0.3, -0.25) is 4.79 Å². The number of benzene rings is 1. The smallest absolute Gasteiger partial charge is 0.237 e. The van der Waals surface area contributed by atoms with Gasteiger partial charge in [-0.25, -0.2) is 0 Å². The second-order valence-electron chi connectivity index (χ2n) is 4.52. The molecule has 0 aromatic heterocycles. The number of amides is 1. The van der Waals surface area contributed by atoms with Crippen LogP contribution in [-0.2, 0) is 4.79 Å². The molecule has 0 saturated heterocycles. The zero-order valence-corrected chi connectivity index (χ0v) is 13.3. The second-order valence-corrected chi connectivity index (χ2v) is 5.94. The van der Waals surface area contributed by atoms with Crippen molar-refractivity contribution in [3.05, 3.63) is 29.3 Å². The Morgan fingerprint density at radius 3 is 2.70 bits per heavy atom. The van der Waals surface area contributed by atoms with Crippen LogP contribution in [0.2, 0.25) is 5.02 Å². The van der Waals surface area contributed by atoms with Gasteiger partial charge in [-0.05, 0) is 49.6 Å². The van der Waals surface area contributed by atoms with Gasteiger partial charge in [0, 0.05) is 5.02 Å². The normalized spacial score (nSPS) is 13.6. The Morgan fingerprint density at radius 2 is 2.10 bits per heavy atom. The first-order chi connectivity index (χ1) is 9.52. The van der Waals surface area contributed by atoms with Crippen LogP contribution in [-0.4, -0.2) is 36.6 Å². The Kier molecular flexibility index (Phi) is 7.80. The van der Waals surface area contributed by atoms with E-state index in [9.17, 15) is 4.79 Å². The molecule has 0 aliphatic rings. The van der Waals surface area contributed by atoms with E-state index >= 15 is 0 Å². The molecule has 0 aliphatic carbocycles. The highest BCUT2D eigenvalue weighted by atomic mass is 35.5. The van der Waals surface area contributed by atoms with Crippen LogP contribution in [0.3, 0.4) is 0 Å². The van der Waals surface area contributed by atoms with E-state index < -0.39 is 6.04 Å². The molecule has 1 amide bonds. The first-order valence-corrected chi connectivity index (χ1v) is 8.24. The molecular weight excluding hydrogens is 296 g/mol. The Balaban J connectivity index is 2.30. The van der Waals surface area contributed by atoms with E-state index in [1.165, 1.54) is 0 Å². The van der Waals surface area contributed by atoms with Gasteiger partial charge < -0.3 is 15.8 Å². The van der Waals surface area contributed by atoms with Crippen molar-refractivity contribution in [1.29, 1.82) is 0 Å². The van der Waals surface area contributed by atoms with Gasteiger partial charge in [0.15, 0.2) is 0 Å². The molecule has 3 N–H and O–H groups in total. The molecule has 112 valence electrons. The third-order valence-corrected chi connectivity index (χ3v) is 3.58. The van der Waals surface area contributed by atoms with Crippen LogP contribution in [0.1, 0.15) is 13.3 Å². The van der Waals surface area contributed by atoms with Crippen molar-refractivity contribution in [3.63, 3.8) is 0 Å². The third-order valence-electron chi connectivity index (χ3n) is 2.68. The number of rotatable bonds is 8. The molecule has 0 bridgehead atoms. The predicted octanol–water partition coefficient (Wildman–Crippen LogP) is 2.30. The Bertz CT molecular complexity index is 414. The molecule has 0 aliphatic heterocycles. The highest BCUT2D eigenvalue weighted by Gasteiger charge is 2.14. The van der Waals surface area contributed by atoms with Gasteiger partial charge in [-0.15, -0.1) is 0 Å². The number of nitrogens with one attached hydrogen (secondary N) is 1. The average molecular weight is 317 g/mol. The lowest BCUT2D eigenvalue weighted by atomic mass is 10.2. The Morgan fingerprint density at radius 1 is 1.45 bits per heavy atom. The SMILES string of the molecule is CSCC[C@H](N)C(=O)NCC(C)Oc1ccc(Cl)cc1. The van der Waals surface area contributed by atoms with Gasteiger partial charge in [0.1, 0.15) is 11.9 Å². The lowest BCUT2D eigenvalue weighted by Gasteiger charge is -2.17. The molecule has 6 heteroatoms. The highest BCUT2D eigenvalue weighted by molar-refractivity contribution is 7.98. The molecule has 2 atom stereocenters. The number of hydrogen-bond donors (Lipinski definition) is 2. The predicted molar refractivity (Wildman–Crippen MR) is 85.5 cm³/mol. The Hall–Kier alpha value is -0.910. The van der Waals surface area contributed by atoms with Gasteiger partial charge in [0.05, 0.1) is 12.6 Å². The molecule has 0 heterocycles. The fourth-order valence-corrected chi connectivity index (χ4v) is 2.15. The lowest BCUT2D eigenvalue weighted by Crippen LogP contribution is -2.44. The number of thioether (sulfide) groups is 1. The first-order valence-electron chi connectivity index (χ1n) is 6.47. The summed E-state index contributed by atoms with van der Waals surface area (Å²) < 4.78 is 5.66. The molecule has 0 spiro atoms. The van der Waals surface area contributed by atoms with E-state index in [0.29, 0.717) is 18.0 Å². The van der Waals surface area contributed by atoms with Crippen LogP contribution < -0.4 is 15.8 Å². The standard InChI is InChI=1S/C14H21ClN2O2S/c1-10(19-12-5-3-11(15)4-6-12)9-17-14(18)13(16)7-8-20-2/h3-6,10,13H,7-9,16H2,1-2H3,(H,17,18)/t10?,13-/m0/s1. The van der Waals surface area contributed by atoms with Gasteiger partial charge >= 0.3 is 0 Å². The van der Waals surface area contributed by atoms with Crippen LogP contribution >= 0.6 is 23.4 Å². The van der Waals surface area contributed by atoms with Gasteiger partial charge in [-0.2, -0.15) is 11.8 Å². The lowest BCUT2D eigenvalue weighted by molar-refractivity contribution is -0.122. The molecule has 0 fully saturated rings. The van der Waals surface area contributed by atoms with Gasteiger partial charge in [0.2, 0.25) is 5.91 Å². The van der Waals surface area contributed by atoms with Crippen molar-refractivity contribution in [3.8, 4) is 5.75 Å². The van der Waals surface area contributed by atoms with E-state index in [4.69, 9.17) is 22.1 Å². The molecular formula is C14H21ClN2O2S. The van der Waals surface area contributed by atoms with E-state index in [0.717, 1.165) is 11.5 Å².